The van der Waals surface area contributed by atoms with Crippen molar-refractivity contribution in [1.29, 1.82) is 0 Å². The van der Waals surface area contributed by atoms with Crippen LogP contribution in [0.25, 0.3) is 0 Å². The number of hydrogen-bond donors (Lipinski definition) is 1. The third-order valence-electron chi connectivity index (χ3n) is 5.01. The average molecular weight is 410 g/mol. The molecule has 2 aromatic rings. The lowest BCUT2D eigenvalue weighted by molar-refractivity contribution is -0.127. The highest BCUT2D eigenvalue weighted by Crippen LogP contribution is 2.39. The van der Waals surface area contributed by atoms with Gasteiger partial charge in [-0.15, -0.1) is 0 Å². The zero-order valence-electron chi connectivity index (χ0n) is 16.0. The number of rotatable bonds is 6. The largest absolute Gasteiger partial charge is 0.354 e. The molecule has 0 spiro atoms. The number of para-hydroxylation sites is 1. The zero-order valence-corrected chi connectivity index (χ0v) is 16.8. The third kappa shape index (κ3) is 4.27. The SMILES string of the molecule is O=C(CN1C(=O)c2cccnc2Sc2ccccc21)NCCCN1CCCC1=O. The summed E-state index contributed by atoms with van der Waals surface area (Å²) in [4.78, 5) is 45.9. The van der Waals surface area contributed by atoms with E-state index in [0.29, 0.717) is 42.2 Å². The van der Waals surface area contributed by atoms with Crippen molar-refractivity contribution in [2.45, 2.75) is 29.2 Å². The van der Waals surface area contributed by atoms with Crippen molar-refractivity contribution in [2.24, 2.45) is 0 Å². The van der Waals surface area contributed by atoms with Crippen LogP contribution in [0, 0.1) is 0 Å². The van der Waals surface area contributed by atoms with Crippen LogP contribution in [0.1, 0.15) is 29.6 Å². The van der Waals surface area contributed by atoms with Gasteiger partial charge in [0.1, 0.15) is 11.6 Å². The first-order chi connectivity index (χ1) is 14.1. The van der Waals surface area contributed by atoms with Gasteiger partial charge in [0.15, 0.2) is 0 Å². The lowest BCUT2D eigenvalue weighted by Gasteiger charge is -2.22. The first-order valence-electron chi connectivity index (χ1n) is 9.72. The Kier molecular flexibility index (Phi) is 5.80. The second-order valence-corrected chi connectivity index (χ2v) is 8.04. The molecule has 0 saturated carbocycles. The predicted octanol–water partition coefficient (Wildman–Crippen LogP) is 2.32. The maximum absolute atomic E-state index is 13.1. The lowest BCUT2D eigenvalue weighted by Crippen LogP contribution is -2.41. The number of aromatic nitrogens is 1. The predicted molar refractivity (Wildman–Crippen MR) is 110 cm³/mol. The van der Waals surface area contributed by atoms with Crippen molar-refractivity contribution in [2.75, 3.05) is 31.1 Å². The number of likely N-dealkylation sites (tertiary alicyclic amines) is 1. The van der Waals surface area contributed by atoms with Crippen LogP contribution < -0.4 is 10.2 Å². The van der Waals surface area contributed by atoms with Crippen LogP contribution in [-0.2, 0) is 9.59 Å². The van der Waals surface area contributed by atoms with Gasteiger partial charge >= 0.3 is 0 Å². The number of carbonyl (C=O) groups is 3. The molecule has 0 bridgehead atoms. The van der Waals surface area contributed by atoms with Gasteiger partial charge < -0.3 is 10.2 Å². The zero-order chi connectivity index (χ0) is 20.2. The minimum Gasteiger partial charge on any atom is -0.354 e. The van der Waals surface area contributed by atoms with Gasteiger partial charge in [-0.3, -0.25) is 19.3 Å². The molecule has 2 aliphatic rings. The Hall–Kier alpha value is -2.87. The van der Waals surface area contributed by atoms with Crippen molar-refractivity contribution in [3.8, 4) is 0 Å². The Labute approximate surface area is 173 Å². The second kappa shape index (κ2) is 8.65. The molecular weight excluding hydrogens is 388 g/mol. The molecule has 0 aliphatic carbocycles. The number of nitrogens with one attached hydrogen (secondary N) is 1. The molecule has 29 heavy (non-hydrogen) atoms. The van der Waals surface area contributed by atoms with E-state index in [1.807, 2.05) is 29.2 Å². The molecule has 0 unspecified atom stereocenters. The van der Waals surface area contributed by atoms with E-state index in [0.717, 1.165) is 17.9 Å². The summed E-state index contributed by atoms with van der Waals surface area (Å²) in [7, 11) is 0. The molecule has 1 fully saturated rings. The van der Waals surface area contributed by atoms with Crippen molar-refractivity contribution >= 4 is 35.2 Å². The second-order valence-electron chi connectivity index (χ2n) is 7.01. The van der Waals surface area contributed by atoms with Crippen molar-refractivity contribution < 1.29 is 14.4 Å². The van der Waals surface area contributed by atoms with Crippen LogP contribution in [0.15, 0.2) is 52.5 Å². The number of fused-ring (bicyclic) bond motifs is 2. The van der Waals surface area contributed by atoms with Gasteiger partial charge in [-0.2, -0.15) is 0 Å². The highest BCUT2D eigenvalue weighted by Gasteiger charge is 2.29. The summed E-state index contributed by atoms with van der Waals surface area (Å²) in [6, 6.07) is 11.0. The third-order valence-corrected chi connectivity index (χ3v) is 6.09. The van der Waals surface area contributed by atoms with E-state index in [1.54, 1.807) is 18.3 Å². The molecule has 8 heteroatoms. The van der Waals surface area contributed by atoms with Crippen LogP contribution in [0.5, 0.6) is 0 Å². The smallest absolute Gasteiger partial charge is 0.261 e. The summed E-state index contributed by atoms with van der Waals surface area (Å²) >= 11 is 1.43. The summed E-state index contributed by atoms with van der Waals surface area (Å²) in [5, 5.41) is 3.51. The van der Waals surface area contributed by atoms with Gasteiger partial charge in [0.2, 0.25) is 11.8 Å². The minimum absolute atomic E-state index is 0.0621. The van der Waals surface area contributed by atoms with Crippen LogP contribution in [-0.4, -0.2) is 53.8 Å². The fourth-order valence-electron chi connectivity index (χ4n) is 3.55. The molecule has 1 aromatic carbocycles. The molecule has 150 valence electrons. The van der Waals surface area contributed by atoms with Crippen molar-refractivity contribution in [3.05, 3.63) is 48.2 Å². The van der Waals surface area contributed by atoms with Gasteiger partial charge in [-0.25, -0.2) is 4.98 Å². The van der Waals surface area contributed by atoms with Gasteiger partial charge in [-0.1, -0.05) is 23.9 Å². The van der Waals surface area contributed by atoms with E-state index < -0.39 is 0 Å². The molecule has 2 aliphatic heterocycles. The number of carbonyl (C=O) groups excluding carboxylic acids is 3. The molecule has 1 N–H and O–H groups in total. The van der Waals surface area contributed by atoms with E-state index in [2.05, 4.69) is 10.3 Å². The van der Waals surface area contributed by atoms with E-state index in [9.17, 15) is 14.4 Å². The maximum atomic E-state index is 13.1. The number of pyridine rings is 1. The monoisotopic (exact) mass is 410 g/mol. The lowest BCUT2D eigenvalue weighted by atomic mass is 10.2. The first kappa shape index (κ1) is 19.4. The summed E-state index contributed by atoms with van der Waals surface area (Å²) in [6.07, 6.45) is 3.90. The molecule has 0 atom stereocenters. The Morgan fingerprint density at radius 2 is 2.03 bits per heavy atom. The van der Waals surface area contributed by atoms with Gasteiger partial charge in [0.05, 0.1) is 11.3 Å². The Bertz CT molecular complexity index is 949. The average Bonchev–Trinajstić information content (AvgIpc) is 3.10. The van der Waals surface area contributed by atoms with E-state index in [1.165, 1.54) is 16.7 Å². The minimum atomic E-state index is -0.233. The summed E-state index contributed by atoms with van der Waals surface area (Å²) in [6.45, 7) is 1.86. The molecule has 1 aromatic heterocycles. The van der Waals surface area contributed by atoms with Gasteiger partial charge in [0.25, 0.3) is 5.91 Å². The van der Waals surface area contributed by atoms with Crippen molar-refractivity contribution in [1.82, 2.24) is 15.2 Å². The highest BCUT2D eigenvalue weighted by atomic mass is 32.2. The quantitative estimate of drug-likeness (QED) is 0.739. The number of nitrogens with zero attached hydrogens (tertiary/aromatic N) is 3. The first-order valence-corrected chi connectivity index (χ1v) is 10.5. The molecule has 3 amide bonds. The number of benzene rings is 1. The number of hydrogen-bond acceptors (Lipinski definition) is 5. The Balaban J connectivity index is 1.42. The standard InChI is InChI=1S/C21H22N4O3S/c26-18(22-11-5-13-24-12-4-9-19(24)27)14-25-16-7-1-2-8-17(16)29-20-15(21(25)28)6-3-10-23-20/h1-3,6-8,10H,4-5,9,11-14H2,(H,22,26). The summed E-state index contributed by atoms with van der Waals surface area (Å²) in [5.74, 6) is -0.269. The molecule has 4 rings (SSSR count). The normalized spacial score (nSPS) is 15.7. The van der Waals surface area contributed by atoms with Crippen molar-refractivity contribution in [3.63, 3.8) is 0 Å². The van der Waals surface area contributed by atoms with Crippen LogP contribution in [0.4, 0.5) is 5.69 Å². The maximum Gasteiger partial charge on any atom is 0.261 e. The molecule has 0 radical (unpaired) electrons. The molecule has 1 saturated heterocycles. The Morgan fingerprint density at radius 1 is 1.17 bits per heavy atom. The summed E-state index contributed by atoms with van der Waals surface area (Å²) < 4.78 is 0. The Morgan fingerprint density at radius 3 is 2.86 bits per heavy atom. The summed E-state index contributed by atoms with van der Waals surface area (Å²) in [5.41, 5.74) is 1.20. The van der Waals surface area contributed by atoms with Crippen LogP contribution in [0.2, 0.25) is 0 Å². The van der Waals surface area contributed by atoms with Gasteiger partial charge in [-0.05, 0) is 37.1 Å². The number of anilines is 1. The fourth-order valence-corrected chi connectivity index (χ4v) is 4.57. The van der Waals surface area contributed by atoms with E-state index in [4.69, 9.17) is 0 Å². The topological polar surface area (TPSA) is 82.6 Å². The fraction of sp³-hybridized carbons (Fsp3) is 0.333. The van der Waals surface area contributed by atoms with Crippen LogP contribution >= 0.6 is 11.8 Å². The molecule has 3 heterocycles. The van der Waals surface area contributed by atoms with Gasteiger partial charge in [0, 0.05) is 37.1 Å². The number of amides is 3. The molecular formula is C21H22N4O3S. The van der Waals surface area contributed by atoms with Crippen LogP contribution in [0.3, 0.4) is 0 Å². The van der Waals surface area contributed by atoms with E-state index >= 15 is 0 Å². The highest BCUT2D eigenvalue weighted by molar-refractivity contribution is 7.99. The van der Waals surface area contributed by atoms with E-state index in [-0.39, 0.29) is 24.3 Å². The molecule has 7 nitrogen and oxygen atoms in total.